The van der Waals surface area contributed by atoms with E-state index in [4.69, 9.17) is 157 Å². The van der Waals surface area contributed by atoms with E-state index < -0.39 is 121 Å². The molecule has 1 N–H and O–H groups in total. The molecule has 5 aliphatic heterocycles. The van der Waals surface area contributed by atoms with Gasteiger partial charge in [0, 0.05) is 348 Å². The van der Waals surface area contributed by atoms with Crippen molar-refractivity contribution in [3.05, 3.63) is 128 Å². The quantitative estimate of drug-likeness (QED) is 0.0435. The molecule has 0 aliphatic carbocycles. The lowest BCUT2D eigenvalue weighted by Crippen LogP contribution is -2.89. The second kappa shape index (κ2) is 46.6. The Hall–Kier alpha value is -0.517. The Morgan fingerprint density at radius 2 is 0.880 bits per heavy atom. The van der Waals surface area contributed by atoms with E-state index in [1.807, 2.05) is 104 Å². The molecule has 35 radical (unpaired) electrons. The van der Waals surface area contributed by atoms with E-state index in [1.54, 1.807) is 40.6 Å². The third-order valence-corrected chi connectivity index (χ3v) is 21.5. The summed E-state index contributed by atoms with van der Waals surface area (Å²) in [6, 6.07) is 15.2. The molecule has 108 heavy (non-hydrogen) atoms. The smallest absolute Gasteiger partial charge is 0.400 e. The standard InChI is InChI=1S/C17H25BF2N2O2.C11H13BrF2N2.C8H15BO2.C7H5BrN.C5H3Br2N.C4H7F2N.B33/c1-15(2)16(3,4)24-18(23-15)13-5-6-14(21-11-13)7-9-22-10-8-17(19,20)12-22;12-9-1-2-10(15-7-9)3-5-16-6-4-11(13,14)8-16;1-6-9-10-7(2,3)8(4,5)11-9;1-2-7-4-3-6(8)5-9-7;6-4-1-2-5(7)8-3-4;5-4(6)1-2-7-3-4;1-18-27(19(2)3)31(26(16)17)33(30(24(12)13)25(14)15)32(28(20(4)5)21(6)7)29(22(8)9)23(10)11/h5-6,11H,7-10,12H2,1-4H3;1-2,7H,3-6,8H2;6H,1H2,2-5H3;1-5H;1-3H;7H,1-3H2;/q;;;+1;;;. The topological polar surface area (TPSA) is 107 Å². The van der Waals surface area contributed by atoms with Crippen LogP contribution in [0.5, 0.6) is 0 Å². The second-order valence-electron chi connectivity index (χ2n) is 29.3. The normalized spacial score (nSPS) is 17.5. The maximum Gasteiger partial charge on any atom is 0.496 e. The minimum Gasteiger partial charge on any atom is -0.400 e. The van der Waals surface area contributed by atoms with Gasteiger partial charge in [-0.15, -0.1) is 6.58 Å². The third-order valence-electron chi connectivity index (χ3n) is 19.6. The number of likely N-dealkylation sites (tertiary alicyclic amines) is 2. The SMILES string of the molecule is Brc1ccc(Br)nc1.C=CB1OC(C)(C)C(C)(C)O1.CC1(C)OB(c2ccc(CCN3CCC(F)(F)C3)nc2)OC1(C)C.FC1(F)CCN(CCc2ccc(Br)cn2)C1.FC1(F)CCNC1.[B][B]B(B([B])[B])B(B([B])[B])B(B(B([B])[B])B([B])[B])B(B(B([B])[B])B([B])[B])B(B([B])[B])B([B])[B].[CH+]=Cc1ccc(Br)cn1. The Morgan fingerprint density at radius 3 is 1.14 bits per heavy atom. The fourth-order valence-electron chi connectivity index (χ4n) is 12.4. The Balaban J connectivity index is 0.000000351. The van der Waals surface area contributed by atoms with Gasteiger partial charge in [-0.1, -0.05) is 12.0 Å². The Kier molecular flexibility index (Phi) is 43.9. The first-order valence-corrected chi connectivity index (χ1v) is 38.3. The van der Waals surface area contributed by atoms with Gasteiger partial charge in [0.15, 0.2) is 6.08 Å². The highest BCUT2D eigenvalue weighted by Crippen LogP contribution is 2.38. The minimum atomic E-state index is -2.53. The lowest BCUT2D eigenvalue weighted by Gasteiger charge is -2.51. The molecule has 5 saturated heterocycles. The minimum absolute atomic E-state index is 0.00694. The van der Waals surface area contributed by atoms with Crippen molar-refractivity contribution in [1.29, 1.82) is 0 Å². The van der Waals surface area contributed by atoms with Crippen LogP contribution in [-0.4, -0.2) is 371 Å². The van der Waals surface area contributed by atoms with Crippen molar-refractivity contribution in [2.75, 3.05) is 52.4 Å². The average Bonchev–Trinajstić information content (AvgIpc) is 1.10. The van der Waals surface area contributed by atoms with Gasteiger partial charge in [0.05, 0.1) is 60.9 Å². The van der Waals surface area contributed by atoms with Crippen molar-refractivity contribution in [2.45, 2.75) is 128 Å². The van der Waals surface area contributed by atoms with Gasteiger partial charge < -0.3 is 23.9 Å². The summed E-state index contributed by atoms with van der Waals surface area (Å²) in [5.41, 5.74) is 2.29. The first-order chi connectivity index (χ1) is 49.9. The molecule has 5 fully saturated rings. The van der Waals surface area contributed by atoms with Crippen LogP contribution in [0.2, 0.25) is 0 Å². The van der Waals surface area contributed by atoms with Gasteiger partial charge in [0.1, 0.15) is 4.60 Å². The molecule has 9 rings (SSSR count). The molecule has 0 spiro atoms. The summed E-state index contributed by atoms with van der Waals surface area (Å²) < 4.78 is 103. The predicted octanol–water partition coefficient (Wildman–Crippen LogP) is -0.259. The van der Waals surface area contributed by atoms with Gasteiger partial charge in [0.2, 0.25) is 5.69 Å². The summed E-state index contributed by atoms with van der Waals surface area (Å²) in [4.78, 5) is 20.2. The van der Waals surface area contributed by atoms with Crippen LogP contribution in [0.3, 0.4) is 0 Å². The van der Waals surface area contributed by atoms with E-state index >= 15 is 0 Å². The highest BCUT2D eigenvalue weighted by molar-refractivity contribution is 9.11. The first kappa shape index (κ1) is 102. The van der Waals surface area contributed by atoms with E-state index in [9.17, 15) is 26.3 Å². The Bertz CT molecular complexity index is 3170. The van der Waals surface area contributed by atoms with Gasteiger partial charge in [0.25, 0.3) is 17.8 Å². The molecule has 509 valence electrons. The number of hydrogen-bond donors (Lipinski definition) is 1. The van der Waals surface area contributed by atoms with Crippen LogP contribution >= 0.6 is 63.7 Å². The van der Waals surface area contributed by atoms with E-state index in [-0.39, 0.29) is 68.4 Å². The number of rotatable bonds is 24. The molecule has 0 atom stereocenters. The predicted molar refractivity (Wildman–Crippen MR) is 490 cm³/mol. The van der Waals surface area contributed by atoms with Crippen molar-refractivity contribution in [3.8, 4) is 0 Å². The Morgan fingerprint density at radius 1 is 0.500 bits per heavy atom. The van der Waals surface area contributed by atoms with E-state index in [1.165, 1.54) is 13.1 Å². The number of nitrogens with zero attached hydrogens (tertiary/aromatic N) is 6. The largest absolute Gasteiger partial charge is 0.496 e. The van der Waals surface area contributed by atoms with Crippen LogP contribution in [-0.2, 0) is 31.5 Å². The summed E-state index contributed by atoms with van der Waals surface area (Å²) >= 11 is 13.0. The van der Waals surface area contributed by atoms with Gasteiger partial charge in [-0.05, 0) is 156 Å². The fraction of sp³-hybridized carbons (Fsp3) is 0.538. The number of hydrogen-bond acceptors (Lipinski definition) is 11. The molecule has 0 bridgehead atoms. The second-order valence-corrected chi connectivity index (χ2v) is 32.8. The van der Waals surface area contributed by atoms with Crippen molar-refractivity contribution >= 4 is 324 Å². The molecule has 0 saturated carbocycles. The number of halogens is 10. The van der Waals surface area contributed by atoms with Crippen LogP contribution in [0.1, 0.15) is 91.7 Å². The van der Waals surface area contributed by atoms with Gasteiger partial charge in [-0.25, -0.2) is 31.3 Å². The monoisotopic (exact) mass is 1670 g/mol. The molecule has 56 heteroatoms. The van der Waals surface area contributed by atoms with Crippen LogP contribution in [0.4, 0.5) is 26.3 Å². The lowest BCUT2D eigenvalue weighted by atomic mass is 8.30. The summed E-state index contributed by atoms with van der Waals surface area (Å²) in [6.45, 7) is 27.3. The fourth-order valence-corrected chi connectivity index (χ4v) is 13.3. The molecule has 9 heterocycles. The molecule has 11 nitrogen and oxygen atoms in total. The zero-order chi connectivity index (χ0) is 82.3. The number of nitrogens with one attached hydrogen (secondary N) is 1. The van der Waals surface area contributed by atoms with Crippen LogP contribution in [0.15, 0.2) is 104 Å². The van der Waals surface area contributed by atoms with E-state index in [0.717, 1.165) is 47.0 Å². The van der Waals surface area contributed by atoms with Crippen molar-refractivity contribution in [2.24, 2.45) is 0 Å². The van der Waals surface area contributed by atoms with Crippen LogP contribution in [0, 0.1) is 6.58 Å². The number of alkyl halides is 6. The third kappa shape index (κ3) is 33.8. The summed E-state index contributed by atoms with van der Waals surface area (Å²) in [7, 11) is 104. The highest BCUT2D eigenvalue weighted by Gasteiger charge is 2.55. The molecule has 0 amide bonds. The van der Waals surface area contributed by atoms with Gasteiger partial charge in [-0.2, -0.15) is 4.98 Å². The summed E-state index contributed by atoms with van der Waals surface area (Å²) in [5, 5.41) is 2.56. The van der Waals surface area contributed by atoms with Gasteiger partial charge >= 0.3 is 14.2 Å². The van der Waals surface area contributed by atoms with Crippen LogP contribution < -0.4 is 10.8 Å². The molecule has 0 aromatic carbocycles. The molecular formula is C52H68B35Br4F6N7O4+. The van der Waals surface area contributed by atoms with Crippen LogP contribution in [0.25, 0.3) is 6.08 Å². The maximum absolute atomic E-state index is 13.2. The molecule has 5 aliphatic rings. The van der Waals surface area contributed by atoms with Crippen molar-refractivity contribution < 1.29 is 45.0 Å². The zero-order valence-electron chi connectivity index (χ0n) is 62.9. The van der Waals surface area contributed by atoms with Crippen molar-refractivity contribution in [3.63, 3.8) is 0 Å². The average molecular weight is 1670 g/mol. The number of pyridine rings is 4. The zero-order valence-corrected chi connectivity index (χ0v) is 69.2. The molecule has 4 aromatic rings. The first-order valence-electron chi connectivity index (χ1n) is 35.1. The van der Waals surface area contributed by atoms with Gasteiger partial charge in [-0.3, -0.25) is 19.8 Å². The summed E-state index contributed by atoms with van der Waals surface area (Å²) in [5.74, 6) is -5.77. The van der Waals surface area contributed by atoms with E-state index in [0.29, 0.717) is 39.1 Å². The lowest BCUT2D eigenvalue weighted by molar-refractivity contribution is 0.00578. The summed E-state index contributed by atoms with van der Waals surface area (Å²) in [6.07, 6.45) is -5.05. The molecule has 0 unspecified atom stereocenters. The number of aromatic nitrogens is 4. The molecule has 4 aromatic heterocycles. The molecular weight excluding hydrogens is 1600 g/mol. The van der Waals surface area contributed by atoms with E-state index in [2.05, 4.69) is 95.6 Å². The highest BCUT2D eigenvalue weighted by atomic mass is 79.9. The van der Waals surface area contributed by atoms with Crippen molar-refractivity contribution in [1.82, 2.24) is 35.1 Å². The Labute approximate surface area is 705 Å². The maximum atomic E-state index is 13.2.